The second kappa shape index (κ2) is 3.87. The Kier molecular flexibility index (Phi) is 2.74. The van der Waals surface area contributed by atoms with E-state index in [1.807, 2.05) is 0 Å². The van der Waals surface area contributed by atoms with E-state index in [1.54, 1.807) is 0 Å². The molecule has 2 aliphatic rings. The fraction of sp³-hybridized carbons (Fsp3) is 0.900. The van der Waals surface area contributed by atoms with E-state index in [2.05, 4.69) is 4.90 Å². The van der Waals surface area contributed by atoms with Gasteiger partial charge in [0.1, 0.15) is 6.67 Å². The third kappa shape index (κ3) is 1.77. The Morgan fingerprint density at radius 1 is 1.14 bits per heavy atom. The lowest BCUT2D eigenvalue weighted by Crippen LogP contribution is -2.55. The van der Waals surface area contributed by atoms with Gasteiger partial charge in [0.15, 0.2) is 0 Å². The number of quaternary nitrogens is 1. The van der Waals surface area contributed by atoms with Crippen molar-refractivity contribution in [3.05, 3.63) is 0 Å². The van der Waals surface area contributed by atoms with Crippen molar-refractivity contribution < 1.29 is 14.4 Å². The first-order chi connectivity index (χ1) is 6.73. The highest BCUT2D eigenvalue weighted by atomic mass is 16.4. The summed E-state index contributed by atoms with van der Waals surface area (Å²) in [5.74, 6) is 0. The molecule has 0 aromatic heterocycles. The first-order valence-corrected chi connectivity index (χ1v) is 5.55. The van der Waals surface area contributed by atoms with E-state index < -0.39 is 6.09 Å². The van der Waals surface area contributed by atoms with Crippen molar-refractivity contribution in [3.63, 3.8) is 0 Å². The summed E-state index contributed by atoms with van der Waals surface area (Å²) in [4.78, 5) is 13.6. The van der Waals surface area contributed by atoms with Crippen LogP contribution in [0.3, 0.4) is 0 Å². The lowest BCUT2D eigenvalue weighted by Gasteiger charge is -2.31. The smallest absolute Gasteiger partial charge is 0.435 e. The minimum atomic E-state index is -0.630. The molecule has 4 nitrogen and oxygen atoms in total. The van der Waals surface area contributed by atoms with Crippen molar-refractivity contribution in [3.8, 4) is 0 Å². The Labute approximate surface area is 84.7 Å². The molecule has 4 heteroatoms. The Hall–Kier alpha value is -0.610. The summed E-state index contributed by atoms with van der Waals surface area (Å²) in [7, 11) is 0. The van der Waals surface area contributed by atoms with Crippen LogP contribution in [-0.2, 0) is 0 Å². The van der Waals surface area contributed by atoms with Crippen molar-refractivity contribution >= 4 is 6.09 Å². The van der Waals surface area contributed by atoms with Gasteiger partial charge in [-0.3, -0.25) is 4.90 Å². The molecule has 0 aliphatic carbocycles. The first-order valence-electron chi connectivity index (χ1n) is 5.55. The predicted molar refractivity (Wildman–Crippen MR) is 52.9 cm³/mol. The SMILES string of the molecule is O=C(O)[N+]1(CN2CCCC2)CCCC1. The maximum atomic E-state index is 11.3. The van der Waals surface area contributed by atoms with E-state index in [9.17, 15) is 9.90 Å². The molecule has 1 N–H and O–H groups in total. The maximum Gasteiger partial charge on any atom is 0.514 e. The molecule has 2 aliphatic heterocycles. The molecule has 0 bridgehead atoms. The maximum absolute atomic E-state index is 11.3. The molecule has 2 heterocycles. The number of carboxylic acid groups (broad SMARTS) is 1. The van der Waals surface area contributed by atoms with Crippen LogP contribution in [0.4, 0.5) is 4.79 Å². The van der Waals surface area contributed by atoms with Crippen LogP contribution >= 0.6 is 0 Å². The number of hydrogen-bond acceptors (Lipinski definition) is 2. The highest BCUT2D eigenvalue weighted by Gasteiger charge is 2.41. The minimum Gasteiger partial charge on any atom is -0.435 e. The fourth-order valence-corrected chi connectivity index (χ4v) is 2.64. The molecular weight excluding hydrogens is 180 g/mol. The largest absolute Gasteiger partial charge is 0.514 e. The van der Waals surface area contributed by atoms with Gasteiger partial charge in [0.2, 0.25) is 0 Å². The van der Waals surface area contributed by atoms with Gasteiger partial charge in [0.25, 0.3) is 0 Å². The van der Waals surface area contributed by atoms with E-state index >= 15 is 0 Å². The molecule has 0 aromatic carbocycles. The van der Waals surface area contributed by atoms with Gasteiger partial charge in [-0.05, 0) is 12.8 Å². The van der Waals surface area contributed by atoms with Gasteiger partial charge >= 0.3 is 6.09 Å². The zero-order valence-electron chi connectivity index (χ0n) is 8.61. The van der Waals surface area contributed by atoms with Crippen LogP contribution in [0.5, 0.6) is 0 Å². The molecule has 2 fully saturated rings. The predicted octanol–water partition coefficient (Wildman–Crippen LogP) is 1.33. The van der Waals surface area contributed by atoms with Crippen molar-refractivity contribution in [1.82, 2.24) is 4.90 Å². The molecule has 14 heavy (non-hydrogen) atoms. The molecule has 0 saturated carbocycles. The second-order valence-corrected chi connectivity index (χ2v) is 4.55. The van der Waals surface area contributed by atoms with Gasteiger partial charge in [-0.15, -0.1) is 0 Å². The van der Waals surface area contributed by atoms with Crippen molar-refractivity contribution in [2.24, 2.45) is 0 Å². The fourth-order valence-electron chi connectivity index (χ4n) is 2.64. The van der Waals surface area contributed by atoms with E-state index in [1.165, 1.54) is 12.8 Å². The summed E-state index contributed by atoms with van der Waals surface area (Å²) in [6, 6.07) is 0. The zero-order valence-corrected chi connectivity index (χ0v) is 8.61. The molecule has 1 amide bonds. The molecule has 0 spiro atoms. The van der Waals surface area contributed by atoms with Gasteiger partial charge in [0.05, 0.1) is 13.1 Å². The van der Waals surface area contributed by atoms with Gasteiger partial charge in [0, 0.05) is 25.9 Å². The van der Waals surface area contributed by atoms with Crippen LogP contribution < -0.4 is 0 Å². The van der Waals surface area contributed by atoms with Crippen molar-refractivity contribution in [1.29, 1.82) is 0 Å². The molecule has 0 atom stereocenters. The molecule has 2 saturated heterocycles. The Bertz CT molecular complexity index is 218. The monoisotopic (exact) mass is 199 g/mol. The first kappa shape index (κ1) is 9.93. The molecule has 80 valence electrons. The summed E-state index contributed by atoms with van der Waals surface area (Å²) in [5.41, 5.74) is 0. The summed E-state index contributed by atoms with van der Waals surface area (Å²) in [6.07, 6.45) is 3.98. The molecule has 0 radical (unpaired) electrons. The highest BCUT2D eigenvalue weighted by Crippen LogP contribution is 2.22. The van der Waals surface area contributed by atoms with E-state index in [4.69, 9.17) is 0 Å². The number of rotatable bonds is 2. The minimum absolute atomic E-state index is 0.292. The third-order valence-electron chi connectivity index (χ3n) is 3.50. The molecule has 0 aromatic rings. The average Bonchev–Trinajstić information content (AvgIpc) is 2.76. The second-order valence-electron chi connectivity index (χ2n) is 4.55. The van der Waals surface area contributed by atoms with Gasteiger partial charge in [-0.25, -0.2) is 4.48 Å². The summed E-state index contributed by atoms with van der Waals surface area (Å²) in [6.45, 7) is 4.56. The Morgan fingerprint density at radius 2 is 1.71 bits per heavy atom. The summed E-state index contributed by atoms with van der Waals surface area (Å²) < 4.78 is 0.292. The van der Waals surface area contributed by atoms with Crippen LogP contribution in [-0.4, -0.2) is 53.4 Å². The Balaban J connectivity index is 1.99. The summed E-state index contributed by atoms with van der Waals surface area (Å²) >= 11 is 0. The normalized spacial score (nSPS) is 26.9. The van der Waals surface area contributed by atoms with Crippen LogP contribution in [0.25, 0.3) is 0 Å². The van der Waals surface area contributed by atoms with Crippen molar-refractivity contribution in [2.45, 2.75) is 25.7 Å². The highest BCUT2D eigenvalue weighted by molar-refractivity contribution is 5.56. The van der Waals surface area contributed by atoms with E-state index in [-0.39, 0.29) is 0 Å². The molecular formula is C10H19N2O2+. The topological polar surface area (TPSA) is 40.5 Å². The number of amides is 1. The lowest BCUT2D eigenvalue weighted by atomic mass is 10.4. The van der Waals surface area contributed by atoms with Crippen LogP contribution in [0.2, 0.25) is 0 Å². The average molecular weight is 199 g/mol. The lowest BCUT2D eigenvalue weighted by molar-refractivity contribution is -0.855. The van der Waals surface area contributed by atoms with Crippen LogP contribution in [0, 0.1) is 0 Å². The number of hydrogen-bond donors (Lipinski definition) is 1. The zero-order chi connectivity index (χ0) is 10.0. The number of carbonyl (C=O) groups is 1. The van der Waals surface area contributed by atoms with Crippen molar-refractivity contribution in [2.75, 3.05) is 32.8 Å². The van der Waals surface area contributed by atoms with Gasteiger partial charge < -0.3 is 5.11 Å². The van der Waals surface area contributed by atoms with E-state index in [0.717, 1.165) is 45.7 Å². The van der Waals surface area contributed by atoms with E-state index in [0.29, 0.717) is 4.48 Å². The van der Waals surface area contributed by atoms with Gasteiger partial charge in [-0.2, -0.15) is 4.79 Å². The Morgan fingerprint density at radius 3 is 2.21 bits per heavy atom. The van der Waals surface area contributed by atoms with Crippen LogP contribution in [0.1, 0.15) is 25.7 Å². The quantitative estimate of drug-likeness (QED) is 0.682. The summed E-state index contributed by atoms with van der Waals surface area (Å²) in [5, 5.41) is 9.27. The van der Waals surface area contributed by atoms with Gasteiger partial charge in [-0.1, -0.05) is 0 Å². The van der Waals surface area contributed by atoms with Crippen LogP contribution in [0.15, 0.2) is 0 Å². The molecule has 0 unspecified atom stereocenters. The third-order valence-corrected chi connectivity index (χ3v) is 3.50. The standard InChI is InChI=1S/C10H18N2O2/c13-10(14)12(7-3-4-8-12)9-11-5-1-2-6-11/h1-9H2/p+1. The number of likely N-dealkylation sites (tertiary alicyclic amines) is 2. The molecule has 2 rings (SSSR count). The number of nitrogens with zero attached hydrogens (tertiary/aromatic N) is 2.